The number of nitrogens with zero attached hydrogens (tertiary/aromatic N) is 1. The summed E-state index contributed by atoms with van der Waals surface area (Å²) in [5.74, 6) is 0. The maximum atomic E-state index is 11.1. The molecule has 0 aromatic heterocycles. The molecular weight excluding hydrogens is 242 g/mol. The Kier molecular flexibility index (Phi) is 3.46. The van der Waals surface area contributed by atoms with Gasteiger partial charge in [-0.2, -0.15) is 4.99 Å². The van der Waals surface area contributed by atoms with E-state index in [2.05, 4.69) is 15.6 Å². The Morgan fingerprint density at radius 3 is 2.89 bits per heavy atom. The molecule has 2 N–H and O–H groups in total. The Bertz CT molecular complexity index is 495. The third-order valence-corrected chi connectivity index (χ3v) is 3.49. The van der Waals surface area contributed by atoms with Crippen LogP contribution in [0.15, 0.2) is 29.3 Å². The Labute approximate surface area is 112 Å². The Hall–Kier alpha value is -1.88. The molecule has 1 unspecified atom stereocenters. The topological polar surface area (TPSA) is 62.7 Å². The highest BCUT2D eigenvalue weighted by Crippen LogP contribution is 2.30. The molecule has 1 aromatic rings. The quantitative estimate of drug-likeness (QED) is 0.786. The standard InChI is InChI=1S/C14H17N3O2/c18-9-13-11-3-1-2-4-12(11)17-14(19-13)16-10-5-7-15-8-6-10/h1-4,9-10,13,15H,5-8H2,(H,16,17). The minimum atomic E-state index is -0.557. The van der Waals surface area contributed by atoms with Gasteiger partial charge in [-0.05, 0) is 32.0 Å². The van der Waals surface area contributed by atoms with Crippen LogP contribution in [0.3, 0.4) is 0 Å². The molecule has 100 valence electrons. The second-order valence-electron chi connectivity index (χ2n) is 4.82. The minimum absolute atomic E-state index is 0.359. The van der Waals surface area contributed by atoms with Crippen LogP contribution in [0.2, 0.25) is 0 Å². The van der Waals surface area contributed by atoms with E-state index < -0.39 is 6.10 Å². The average molecular weight is 259 g/mol. The van der Waals surface area contributed by atoms with Gasteiger partial charge in [-0.1, -0.05) is 18.2 Å². The van der Waals surface area contributed by atoms with Crippen molar-refractivity contribution in [2.24, 2.45) is 4.99 Å². The van der Waals surface area contributed by atoms with Gasteiger partial charge in [0.15, 0.2) is 12.4 Å². The van der Waals surface area contributed by atoms with Gasteiger partial charge in [-0.3, -0.25) is 4.79 Å². The normalized spacial score (nSPS) is 22.9. The summed E-state index contributed by atoms with van der Waals surface area (Å²) in [6.45, 7) is 2.00. The number of fused-ring (bicyclic) bond motifs is 1. The van der Waals surface area contributed by atoms with Crippen LogP contribution < -0.4 is 10.6 Å². The van der Waals surface area contributed by atoms with Crippen molar-refractivity contribution >= 4 is 18.0 Å². The molecule has 0 saturated carbocycles. The fraction of sp³-hybridized carbons (Fsp3) is 0.429. The van der Waals surface area contributed by atoms with Crippen molar-refractivity contribution < 1.29 is 9.53 Å². The summed E-state index contributed by atoms with van der Waals surface area (Å²) in [5.41, 5.74) is 1.63. The molecule has 3 rings (SSSR count). The maximum Gasteiger partial charge on any atom is 0.291 e. The van der Waals surface area contributed by atoms with Crippen molar-refractivity contribution in [1.29, 1.82) is 0 Å². The minimum Gasteiger partial charge on any atom is -0.449 e. The zero-order valence-electron chi connectivity index (χ0n) is 10.6. The van der Waals surface area contributed by atoms with Gasteiger partial charge in [0.2, 0.25) is 0 Å². The summed E-state index contributed by atoms with van der Waals surface area (Å²) in [6.07, 6.45) is 2.33. The third-order valence-electron chi connectivity index (χ3n) is 3.49. The van der Waals surface area contributed by atoms with E-state index in [1.165, 1.54) is 0 Å². The molecule has 5 nitrogen and oxygen atoms in total. The number of hydrogen-bond donors (Lipinski definition) is 2. The first-order chi connectivity index (χ1) is 9.36. The first kappa shape index (κ1) is 12.2. The smallest absolute Gasteiger partial charge is 0.291 e. The zero-order valence-corrected chi connectivity index (χ0v) is 10.6. The van der Waals surface area contributed by atoms with Gasteiger partial charge < -0.3 is 15.4 Å². The summed E-state index contributed by atoms with van der Waals surface area (Å²) in [7, 11) is 0. The van der Waals surface area contributed by atoms with Gasteiger partial charge in [0, 0.05) is 11.6 Å². The van der Waals surface area contributed by atoms with Gasteiger partial charge in [0.05, 0.1) is 5.69 Å². The molecule has 0 spiro atoms. The van der Waals surface area contributed by atoms with E-state index in [-0.39, 0.29) is 0 Å². The second kappa shape index (κ2) is 5.40. The lowest BCUT2D eigenvalue weighted by molar-refractivity contribution is -0.114. The third kappa shape index (κ3) is 2.61. The van der Waals surface area contributed by atoms with E-state index in [1.807, 2.05) is 24.3 Å². The van der Waals surface area contributed by atoms with Crippen molar-refractivity contribution in [1.82, 2.24) is 10.6 Å². The molecule has 5 heteroatoms. The fourth-order valence-electron chi connectivity index (χ4n) is 2.46. The predicted molar refractivity (Wildman–Crippen MR) is 72.5 cm³/mol. The number of carbonyl (C=O) groups is 1. The molecule has 1 saturated heterocycles. The van der Waals surface area contributed by atoms with Crippen LogP contribution in [-0.4, -0.2) is 31.4 Å². The summed E-state index contributed by atoms with van der Waals surface area (Å²) in [4.78, 5) is 15.6. The molecule has 0 aliphatic carbocycles. The van der Waals surface area contributed by atoms with Gasteiger partial charge in [-0.25, -0.2) is 0 Å². The monoisotopic (exact) mass is 259 g/mol. The molecule has 1 aromatic carbocycles. The number of nitrogens with one attached hydrogen (secondary N) is 2. The van der Waals surface area contributed by atoms with E-state index >= 15 is 0 Å². The lowest BCUT2D eigenvalue weighted by Crippen LogP contribution is -2.44. The van der Waals surface area contributed by atoms with Crippen LogP contribution in [0, 0.1) is 0 Å². The SMILES string of the molecule is O=CC1OC(NC2CCNCC2)=Nc2ccccc21. The Morgan fingerprint density at radius 2 is 2.11 bits per heavy atom. The van der Waals surface area contributed by atoms with Crippen LogP contribution in [0.1, 0.15) is 24.5 Å². The highest BCUT2D eigenvalue weighted by Gasteiger charge is 2.25. The highest BCUT2D eigenvalue weighted by molar-refractivity contribution is 5.83. The number of aldehydes is 1. The highest BCUT2D eigenvalue weighted by atomic mass is 16.5. The largest absolute Gasteiger partial charge is 0.449 e. The molecule has 0 bridgehead atoms. The van der Waals surface area contributed by atoms with Crippen LogP contribution in [0.4, 0.5) is 5.69 Å². The van der Waals surface area contributed by atoms with Gasteiger partial charge in [0.1, 0.15) is 0 Å². The first-order valence-corrected chi connectivity index (χ1v) is 6.63. The lowest BCUT2D eigenvalue weighted by Gasteiger charge is -2.28. The molecule has 1 atom stereocenters. The van der Waals surface area contributed by atoms with Crippen molar-refractivity contribution in [3.63, 3.8) is 0 Å². The molecule has 2 aliphatic rings. The van der Waals surface area contributed by atoms with Crippen molar-refractivity contribution in [2.75, 3.05) is 13.1 Å². The number of amidine groups is 1. The molecule has 1 fully saturated rings. The van der Waals surface area contributed by atoms with Gasteiger partial charge >= 0.3 is 0 Å². The molecule has 2 aliphatic heterocycles. The number of carbonyl (C=O) groups excluding carboxylic acids is 1. The van der Waals surface area contributed by atoms with E-state index in [9.17, 15) is 4.79 Å². The van der Waals surface area contributed by atoms with E-state index in [0.29, 0.717) is 12.1 Å². The Balaban J connectivity index is 1.79. The zero-order chi connectivity index (χ0) is 13.1. The summed E-state index contributed by atoms with van der Waals surface area (Å²) in [5, 5.41) is 6.60. The van der Waals surface area contributed by atoms with E-state index in [1.54, 1.807) is 0 Å². The van der Waals surface area contributed by atoms with Crippen LogP contribution in [0.25, 0.3) is 0 Å². The van der Waals surface area contributed by atoms with Crippen molar-refractivity contribution in [3.8, 4) is 0 Å². The molecule has 0 radical (unpaired) electrons. The number of aliphatic imine (C=N–C) groups is 1. The summed E-state index contributed by atoms with van der Waals surface area (Å²) >= 11 is 0. The number of para-hydroxylation sites is 1. The van der Waals surface area contributed by atoms with E-state index in [0.717, 1.165) is 43.5 Å². The van der Waals surface area contributed by atoms with Crippen molar-refractivity contribution in [2.45, 2.75) is 25.0 Å². The number of benzene rings is 1. The van der Waals surface area contributed by atoms with Crippen LogP contribution >= 0.6 is 0 Å². The second-order valence-corrected chi connectivity index (χ2v) is 4.82. The summed E-state index contributed by atoms with van der Waals surface area (Å²) < 4.78 is 5.62. The predicted octanol–water partition coefficient (Wildman–Crippen LogP) is 1.29. The lowest BCUT2D eigenvalue weighted by atomic mass is 10.1. The van der Waals surface area contributed by atoms with Gasteiger partial charge in [0.25, 0.3) is 6.02 Å². The van der Waals surface area contributed by atoms with Crippen LogP contribution in [-0.2, 0) is 9.53 Å². The number of rotatable bonds is 2. The average Bonchev–Trinajstić information content (AvgIpc) is 2.47. The van der Waals surface area contributed by atoms with Gasteiger partial charge in [-0.15, -0.1) is 0 Å². The summed E-state index contributed by atoms with van der Waals surface area (Å²) in [6, 6.07) is 8.40. The maximum absolute atomic E-state index is 11.1. The number of ether oxygens (including phenoxy) is 1. The van der Waals surface area contributed by atoms with Crippen LogP contribution in [0.5, 0.6) is 0 Å². The first-order valence-electron chi connectivity index (χ1n) is 6.63. The molecule has 19 heavy (non-hydrogen) atoms. The molecule has 2 heterocycles. The number of piperidine rings is 1. The fourth-order valence-corrected chi connectivity index (χ4v) is 2.46. The van der Waals surface area contributed by atoms with Crippen molar-refractivity contribution in [3.05, 3.63) is 29.8 Å². The molecular formula is C14H17N3O2. The molecule has 0 amide bonds. The number of hydrogen-bond acceptors (Lipinski definition) is 5. The Morgan fingerprint density at radius 1 is 1.32 bits per heavy atom. The van der Waals surface area contributed by atoms with E-state index in [4.69, 9.17) is 4.74 Å².